The van der Waals surface area contributed by atoms with E-state index in [1.807, 2.05) is 18.2 Å². The van der Waals surface area contributed by atoms with E-state index in [2.05, 4.69) is 27.8 Å². The van der Waals surface area contributed by atoms with Crippen molar-refractivity contribution in [3.63, 3.8) is 0 Å². The molecule has 1 aliphatic heterocycles. The molecule has 0 radical (unpaired) electrons. The predicted octanol–water partition coefficient (Wildman–Crippen LogP) is 2.53. The van der Waals surface area contributed by atoms with Crippen LogP contribution in [0, 0.1) is 11.8 Å². The number of hydrogen-bond donors (Lipinski definition) is 3. The molecule has 1 fully saturated rings. The van der Waals surface area contributed by atoms with Crippen molar-refractivity contribution in [1.82, 2.24) is 15.5 Å². The van der Waals surface area contributed by atoms with Crippen LogP contribution in [0.3, 0.4) is 0 Å². The van der Waals surface area contributed by atoms with E-state index < -0.39 is 0 Å². The first-order chi connectivity index (χ1) is 10.2. The number of carbonyl (C=O) groups excluding carboxylic acids is 1. The first-order valence-corrected chi connectivity index (χ1v) is 7.66. The molecule has 0 spiro atoms. The van der Waals surface area contributed by atoms with Crippen molar-refractivity contribution >= 4 is 22.5 Å². The van der Waals surface area contributed by atoms with Crippen molar-refractivity contribution in [3.8, 4) is 0 Å². The van der Waals surface area contributed by atoms with E-state index in [1.54, 1.807) is 6.20 Å². The average molecular weight is 286 g/mol. The third-order valence-corrected chi connectivity index (χ3v) is 4.37. The van der Waals surface area contributed by atoms with E-state index in [1.165, 1.54) is 12.8 Å². The topological polar surface area (TPSA) is 69.8 Å². The zero-order chi connectivity index (χ0) is 14.7. The molecule has 1 aromatic heterocycles. The van der Waals surface area contributed by atoms with E-state index in [0.29, 0.717) is 18.3 Å². The summed E-state index contributed by atoms with van der Waals surface area (Å²) in [5.41, 5.74) is 1.82. The molecule has 1 saturated heterocycles. The highest BCUT2D eigenvalue weighted by molar-refractivity contribution is 5.93. The number of amides is 1. The molecule has 112 valence electrons. The fourth-order valence-electron chi connectivity index (χ4n) is 3.06. The lowest BCUT2D eigenvalue weighted by Gasteiger charge is -2.28. The Balaban J connectivity index is 1.57. The van der Waals surface area contributed by atoms with Crippen LogP contribution in [0.4, 0.5) is 5.69 Å². The molecule has 0 bridgehead atoms. The minimum absolute atomic E-state index is 0.0934. The average Bonchev–Trinajstić information content (AvgIpc) is 2.95. The van der Waals surface area contributed by atoms with Crippen LogP contribution in [0.1, 0.15) is 26.2 Å². The van der Waals surface area contributed by atoms with Crippen LogP contribution in [-0.4, -0.2) is 29.2 Å². The summed E-state index contributed by atoms with van der Waals surface area (Å²) in [6.07, 6.45) is 4.79. The van der Waals surface area contributed by atoms with Gasteiger partial charge in [-0.15, -0.1) is 0 Å². The molecule has 1 aromatic carbocycles. The number of benzene rings is 1. The van der Waals surface area contributed by atoms with E-state index in [4.69, 9.17) is 0 Å². The molecule has 3 rings (SSSR count). The molecular formula is C16H22N4O. The Bertz CT molecular complexity index is 616. The summed E-state index contributed by atoms with van der Waals surface area (Å²) >= 11 is 0. The number of H-pyrrole nitrogens is 1. The van der Waals surface area contributed by atoms with Gasteiger partial charge in [-0.3, -0.25) is 9.89 Å². The van der Waals surface area contributed by atoms with Gasteiger partial charge in [-0.2, -0.15) is 5.10 Å². The fourth-order valence-corrected chi connectivity index (χ4v) is 3.06. The maximum atomic E-state index is 12.2. The molecule has 2 atom stereocenters. The highest BCUT2D eigenvalue weighted by Gasteiger charge is 2.22. The molecular weight excluding hydrogens is 264 g/mol. The van der Waals surface area contributed by atoms with Crippen LogP contribution in [0.25, 0.3) is 10.9 Å². The Labute approximate surface area is 124 Å². The summed E-state index contributed by atoms with van der Waals surface area (Å²) in [5.74, 6) is 1.12. The zero-order valence-electron chi connectivity index (χ0n) is 12.4. The molecule has 1 amide bonds. The van der Waals surface area contributed by atoms with Crippen molar-refractivity contribution < 1.29 is 4.79 Å². The van der Waals surface area contributed by atoms with Gasteiger partial charge in [0.15, 0.2) is 0 Å². The van der Waals surface area contributed by atoms with Gasteiger partial charge in [0.1, 0.15) is 0 Å². The van der Waals surface area contributed by atoms with E-state index in [-0.39, 0.29) is 5.91 Å². The molecule has 3 N–H and O–H groups in total. The van der Waals surface area contributed by atoms with Crippen LogP contribution in [0.5, 0.6) is 0 Å². The Kier molecular flexibility index (Phi) is 4.20. The fraction of sp³-hybridized carbons (Fsp3) is 0.500. The van der Waals surface area contributed by atoms with Gasteiger partial charge in [-0.25, -0.2) is 0 Å². The number of aromatic nitrogens is 2. The highest BCUT2D eigenvalue weighted by Crippen LogP contribution is 2.23. The number of nitrogens with zero attached hydrogens (tertiary/aromatic N) is 1. The lowest BCUT2D eigenvalue weighted by Crippen LogP contribution is -2.34. The van der Waals surface area contributed by atoms with Crippen molar-refractivity contribution in [2.75, 3.05) is 18.4 Å². The number of aromatic amines is 1. The molecule has 2 unspecified atom stereocenters. The van der Waals surface area contributed by atoms with Crippen molar-refractivity contribution in [1.29, 1.82) is 0 Å². The summed E-state index contributed by atoms with van der Waals surface area (Å²) in [4.78, 5) is 12.2. The third-order valence-electron chi connectivity index (χ3n) is 4.37. The van der Waals surface area contributed by atoms with Gasteiger partial charge in [-0.1, -0.05) is 6.92 Å². The van der Waals surface area contributed by atoms with E-state index >= 15 is 0 Å². The van der Waals surface area contributed by atoms with Crippen molar-refractivity contribution in [3.05, 3.63) is 24.4 Å². The van der Waals surface area contributed by atoms with E-state index in [0.717, 1.165) is 29.7 Å². The zero-order valence-corrected chi connectivity index (χ0v) is 12.4. The number of rotatable bonds is 4. The van der Waals surface area contributed by atoms with Crippen LogP contribution in [-0.2, 0) is 4.79 Å². The van der Waals surface area contributed by atoms with Crippen LogP contribution >= 0.6 is 0 Å². The summed E-state index contributed by atoms with van der Waals surface area (Å²) in [5, 5.41) is 14.3. The van der Waals surface area contributed by atoms with Crippen molar-refractivity contribution in [2.24, 2.45) is 11.8 Å². The van der Waals surface area contributed by atoms with Crippen molar-refractivity contribution in [2.45, 2.75) is 26.2 Å². The Morgan fingerprint density at radius 2 is 2.43 bits per heavy atom. The number of anilines is 1. The van der Waals surface area contributed by atoms with Gasteiger partial charge < -0.3 is 10.6 Å². The standard InChI is InChI=1S/C16H22N4O/c1-11(12-3-2-6-17-9-12)7-16(21)19-14-4-5-15-13(8-14)10-18-20-15/h4-5,8,10-12,17H,2-3,6-7,9H2,1H3,(H,18,20)(H,19,21). The van der Waals surface area contributed by atoms with Gasteiger partial charge in [0, 0.05) is 17.5 Å². The lowest BCUT2D eigenvalue weighted by molar-refractivity contribution is -0.117. The quantitative estimate of drug-likeness (QED) is 0.809. The molecule has 2 aromatic rings. The normalized spacial score (nSPS) is 20.3. The third kappa shape index (κ3) is 3.42. The van der Waals surface area contributed by atoms with Gasteiger partial charge >= 0.3 is 0 Å². The van der Waals surface area contributed by atoms with Gasteiger partial charge in [-0.05, 0) is 56.0 Å². The summed E-state index contributed by atoms with van der Waals surface area (Å²) in [6.45, 7) is 4.33. The maximum Gasteiger partial charge on any atom is 0.224 e. The maximum absolute atomic E-state index is 12.2. The Morgan fingerprint density at radius 1 is 1.52 bits per heavy atom. The largest absolute Gasteiger partial charge is 0.326 e. The SMILES string of the molecule is CC(CC(=O)Nc1ccc2[nH]ncc2c1)C1CCCNC1. The Morgan fingerprint density at radius 3 is 3.24 bits per heavy atom. The number of fused-ring (bicyclic) bond motifs is 1. The van der Waals surface area contributed by atoms with Crippen LogP contribution in [0.2, 0.25) is 0 Å². The smallest absolute Gasteiger partial charge is 0.224 e. The number of piperidine rings is 1. The highest BCUT2D eigenvalue weighted by atomic mass is 16.1. The van der Waals surface area contributed by atoms with Crippen LogP contribution in [0.15, 0.2) is 24.4 Å². The molecule has 0 aliphatic carbocycles. The summed E-state index contributed by atoms with van der Waals surface area (Å²) < 4.78 is 0. The molecule has 1 aliphatic rings. The lowest BCUT2D eigenvalue weighted by atomic mass is 9.85. The minimum atomic E-state index is 0.0934. The van der Waals surface area contributed by atoms with Gasteiger partial charge in [0.2, 0.25) is 5.91 Å². The molecule has 21 heavy (non-hydrogen) atoms. The Hall–Kier alpha value is -1.88. The first-order valence-electron chi connectivity index (χ1n) is 7.66. The molecule has 5 heteroatoms. The predicted molar refractivity (Wildman–Crippen MR) is 84.1 cm³/mol. The molecule has 2 heterocycles. The second-order valence-electron chi connectivity index (χ2n) is 6.01. The van der Waals surface area contributed by atoms with E-state index in [9.17, 15) is 4.79 Å². The number of nitrogens with one attached hydrogen (secondary N) is 3. The monoisotopic (exact) mass is 286 g/mol. The first kappa shape index (κ1) is 14.1. The van der Waals surface area contributed by atoms with Gasteiger partial charge in [0.05, 0.1) is 11.7 Å². The molecule has 5 nitrogen and oxygen atoms in total. The summed E-state index contributed by atoms with van der Waals surface area (Å²) in [6, 6.07) is 5.79. The minimum Gasteiger partial charge on any atom is -0.326 e. The second-order valence-corrected chi connectivity index (χ2v) is 6.01. The second kappa shape index (κ2) is 6.26. The number of hydrogen-bond acceptors (Lipinski definition) is 3. The molecule has 0 saturated carbocycles. The summed E-state index contributed by atoms with van der Waals surface area (Å²) in [7, 11) is 0. The van der Waals surface area contributed by atoms with Crippen LogP contribution < -0.4 is 10.6 Å². The van der Waals surface area contributed by atoms with Gasteiger partial charge in [0.25, 0.3) is 0 Å². The number of carbonyl (C=O) groups is 1.